The summed E-state index contributed by atoms with van der Waals surface area (Å²) < 4.78 is 40.3. The highest BCUT2D eigenvalue weighted by molar-refractivity contribution is 7.99. The van der Waals surface area contributed by atoms with Crippen molar-refractivity contribution in [3.05, 3.63) is 59.4 Å². The molecular formula is C16H16F3NS. The minimum absolute atomic E-state index is 0.193. The van der Waals surface area contributed by atoms with Gasteiger partial charge in [0.2, 0.25) is 0 Å². The van der Waals surface area contributed by atoms with E-state index in [4.69, 9.17) is 0 Å². The number of nitrogens with one attached hydrogen (secondary N) is 1. The predicted octanol–water partition coefficient (Wildman–Crippen LogP) is 4.75. The first-order chi connectivity index (χ1) is 10.1. The molecule has 2 aromatic carbocycles. The lowest BCUT2D eigenvalue weighted by atomic mass is 10.2. The summed E-state index contributed by atoms with van der Waals surface area (Å²) in [6.45, 7) is 3.34. The highest BCUT2D eigenvalue weighted by Crippen LogP contribution is 2.33. The summed E-state index contributed by atoms with van der Waals surface area (Å²) in [5.74, 6) is -1.32. The highest BCUT2D eigenvalue weighted by atomic mass is 32.2. The minimum Gasteiger partial charge on any atom is -0.313 e. The molecule has 0 aliphatic rings. The molecule has 2 rings (SSSR count). The number of hydrogen-bond donors (Lipinski definition) is 1. The molecule has 5 heteroatoms. The second-order valence-electron chi connectivity index (χ2n) is 4.61. The van der Waals surface area contributed by atoms with Gasteiger partial charge in [0.05, 0.1) is 4.90 Å². The van der Waals surface area contributed by atoms with Gasteiger partial charge in [0.25, 0.3) is 0 Å². The molecule has 21 heavy (non-hydrogen) atoms. The van der Waals surface area contributed by atoms with E-state index in [0.717, 1.165) is 48.5 Å². The average molecular weight is 311 g/mol. The lowest BCUT2D eigenvalue weighted by Gasteiger charge is -2.11. The van der Waals surface area contributed by atoms with E-state index < -0.39 is 11.6 Å². The fraction of sp³-hybridized carbons (Fsp3) is 0.250. The van der Waals surface area contributed by atoms with Crippen molar-refractivity contribution in [1.82, 2.24) is 5.32 Å². The normalized spacial score (nSPS) is 10.9. The number of hydrogen-bond acceptors (Lipinski definition) is 2. The largest absolute Gasteiger partial charge is 0.313 e. The highest BCUT2D eigenvalue weighted by Gasteiger charge is 2.10. The van der Waals surface area contributed by atoms with Crippen LogP contribution in [0.1, 0.15) is 18.9 Å². The first-order valence-electron chi connectivity index (χ1n) is 6.72. The summed E-state index contributed by atoms with van der Waals surface area (Å²) in [5.41, 5.74) is 0.733. The van der Waals surface area contributed by atoms with Crippen LogP contribution in [0.5, 0.6) is 0 Å². The van der Waals surface area contributed by atoms with Crippen LogP contribution in [-0.4, -0.2) is 6.54 Å². The molecule has 0 fully saturated rings. The number of halogens is 3. The van der Waals surface area contributed by atoms with Crippen molar-refractivity contribution >= 4 is 11.8 Å². The summed E-state index contributed by atoms with van der Waals surface area (Å²) in [7, 11) is 0. The third-order valence-electron chi connectivity index (χ3n) is 2.88. The van der Waals surface area contributed by atoms with Crippen LogP contribution in [0.25, 0.3) is 0 Å². The molecule has 0 saturated heterocycles. The van der Waals surface area contributed by atoms with Crippen LogP contribution in [0.2, 0.25) is 0 Å². The maximum atomic E-state index is 13.7. The summed E-state index contributed by atoms with van der Waals surface area (Å²) >= 11 is 1.10. The smallest absolute Gasteiger partial charge is 0.137 e. The Morgan fingerprint density at radius 1 is 0.952 bits per heavy atom. The van der Waals surface area contributed by atoms with Crippen molar-refractivity contribution < 1.29 is 13.2 Å². The zero-order valence-electron chi connectivity index (χ0n) is 11.6. The van der Waals surface area contributed by atoms with Gasteiger partial charge in [-0.05, 0) is 54.9 Å². The van der Waals surface area contributed by atoms with E-state index in [1.165, 1.54) is 12.1 Å². The van der Waals surface area contributed by atoms with Crippen molar-refractivity contribution in [1.29, 1.82) is 0 Å². The van der Waals surface area contributed by atoms with E-state index in [0.29, 0.717) is 11.4 Å². The molecule has 112 valence electrons. The Bertz CT molecular complexity index is 616. The number of benzene rings is 2. The van der Waals surface area contributed by atoms with E-state index in [1.54, 1.807) is 6.07 Å². The van der Waals surface area contributed by atoms with Crippen molar-refractivity contribution in [2.45, 2.75) is 29.7 Å². The monoisotopic (exact) mass is 311 g/mol. The molecular weight excluding hydrogens is 295 g/mol. The summed E-state index contributed by atoms with van der Waals surface area (Å²) in [5, 5.41) is 3.18. The van der Waals surface area contributed by atoms with Crippen molar-refractivity contribution in [3.63, 3.8) is 0 Å². The van der Waals surface area contributed by atoms with Gasteiger partial charge in [-0.1, -0.05) is 18.7 Å². The fourth-order valence-corrected chi connectivity index (χ4v) is 2.83. The summed E-state index contributed by atoms with van der Waals surface area (Å²) in [6, 6.07) is 7.65. The SMILES string of the molecule is CCCNCc1cc(F)ccc1Sc1cc(F)ccc1F. The molecule has 2 aromatic rings. The topological polar surface area (TPSA) is 12.0 Å². The maximum absolute atomic E-state index is 13.7. The van der Waals surface area contributed by atoms with Crippen LogP contribution in [0.4, 0.5) is 13.2 Å². The first kappa shape index (κ1) is 15.9. The van der Waals surface area contributed by atoms with Crippen molar-refractivity contribution in [3.8, 4) is 0 Å². The van der Waals surface area contributed by atoms with Crippen LogP contribution < -0.4 is 5.32 Å². The zero-order valence-corrected chi connectivity index (χ0v) is 12.4. The van der Waals surface area contributed by atoms with Gasteiger partial charge in [0, 0.05) is 11.4 Å². The molecule has 0 amide bonds. The van der Waals surface area contributed by atoms with Gasteiger partial charge in [0.15, 0.2) is 0 Å². The van der Waals surface area contributed by atoms with Crippen LogP contribution in [0.3, 0.4) is 0 Å². The molecule has 0 aliphatic heterocycles. The molecule has 1 nitrogen and oxygen atoms in total. The van der Waals surface area contributed by atoms with E-state index in [1.807, 2.05) is 6.92 Å². The Morgan fingerprint density at radius 2 is 1.67 bits per heavy atom. The third kappa shape index (κ3) is 4.51. The Balaban J connectivity index is 2.24. The van der Waals surface area contributed by atoms with E-state index >= 15 is 0 Å². The Kier molecular flexibility index (Phi) is 5.70. The van der Waals surface area contributed by atoms with E-state index in [-0.39, 0.29) is 10.7 Å². The Labute approximate surface area is 126 Å². The molecule has 0 radical (unpaired) electrons. The molecule has 0 saturated carbocycles. The number of rotatable bonds is 6. The van der Waals surface area contributed by atoms with Crippen LogP contribution in [0, 0.1) is 17.5 Å². The fourth-order valence-electron chi connectivity index (χ4n) is 1.86. The lowest BCUT2D eigenvalue weighted by molar-refractivity contribution is 0.577. The molecule has 0 heterocycles. The maximum Gasteiger partial charge on any atom is 0.137 e. The van der Waals surface area contributed by atoms with Crippen LogP contribution >= 0.6 is 11.8 Å². The minimum atomic E-state index is -0.494. The van der Waals surface area contributed by atoms with Crippen LogP contribution in [-0.2, 0) is 6.54 Å². The molecule has 0 unspecified atom stereocenters. The summed E-state index contributed by atoms with van der Waals surface area (Å²) in [4.78, 5) is 0.905. The third-order valence-corrected chi connectivity index (χ3v) is 4.03. The Hall–Kier alpha value is -1.46. The van der Waals surface area contributed by atoms with Gasteiger partial charge in [-0.15, -0.1) is 0 Å². The predicted molar refractivity (Wildman–Crippen MR) is 78.9 cm³/mol. The standard InChI is InChI=1S/C16H16F3NS/c1-2-7-20-10-11-8-12(17)4-6-15(11)21-16-9-13(18)3-5-14(16)19/h3-6,8-9,20H,2,7,10H2,1H3. The molecule has 0 aliphatic carbocycles. The Morgan fingerprint density at radius 3 is 2.43 bits per heavy atom. The van der Waals surface area contributed by atoms with Gasteiger partial charge >= 0.3 is 0 Å². The molecule has 1 N–H and O–H groups in total. The first-order valence-corrected chi connectivity index (χ1v) is 7.54. The lowest BCUT2D eigenvalue weighted by Crippen LogP contribution is -2.14. The molecule has 0 atom stereocenters. The van der Waals surface area contributed by atoms with Crippen molar-refractivity contribution in [2.24, 2.45) is 0 Å². The van der Waals surface area contributed by atoms with Gasteiger partial charge in [0.1, 0.15) is 17.5 Å². The van der Waals surface area contributed by atoms with Crippen LogP contribution in [0.15, 0.2) is 46.2 Å². The van der Waals surface area contributed by atoms with Gasteiger partial charge < -0.3 is 5.32 Å². The van der Waals surface area contributed by atoms with Gasteiger partial charge in [-0.25, -0.2) is 13.2 Å². The van der Waals surface area contributed by atoms with Gasteiger partial charge in [-0.3, -0.25) is 0 Å². The zero-order chi connectivity index (χ0) is 15.2. The summed E-state index contributed by atoms with van der Waals surface area (Å²) in [6.07, 6.45) is 0.969. The molecule has 0 aromatic heterocycles. The molecule has 0 spiro atoms. The second kappa shape index (κ2) is 7.52. The second-order valence-corrected chi connectivity index (χ2v) is 5.69. The van der Waals surface area contributed by atoms with E-state index in [9.17, 15) is 13.2 Å². The molecule has 0 bridgehead atoms. The van der Waals surface area contributed by atoms with E-state index in [2.05, 4.69) is 5.32 Å². The van der Waals surface area contributed by atoms with Gasteiger partial charge in [-0.2, -0.15) is 0 Å². The van der Waals surface area contributed by atoms with Crippen molar-refractivity contribution in [2.75, 3.05) is 6.54 Å². The quantitative estimate of drug-likeness (QED) is 0.772. The average Bonchev–Trinajstić information content (AvgIpc) is 2.46.